The van der Waals surface area contributed by atoms with Crippen LogP contribution in [0, 0.1) is 6.92 Å². The van der Waals surface area contributed by atoms with Gasteiger partial charge in [0, 0.05) is 5.69 Å². The molecule has 0 aliphatic rings. The Morgan fingerprint density at radius 3 is 2.53 bits per heavy atom. The van der Waals surface area contributed by atoms with Gasteiger partial charge < -0.3 is 4.74 Å². The molecule has 0 spiro atoms. The lowest BCUT2D eigenvalue weighted by molar-refractivity contribution is 0.0524. The molecule has 0 unspecified atom stereocenters. The van der Waals surface area contributed by atoms with Gasteiger partial charge in [-0.05, 0) is 37.8 Å². The van der Waals surface area contributed by atoms with Gasteiger partial charge in [0.2, 0.25) is 0 Å². The van der Waals surface area contributed by atoms with Crippen LogP contribution in [-0.4, -0.2) is 17.6 Å². The number of ether oxygens (including phenoxy) is 1. The van der Waals surface area contributed by atoms with E-state index in [4.69, 9.17) is 4.74 Å². The Kier molecular flexibility index (Phi) is 4.67. The van der Waals surface area contributed by atoms with Gasteiger partial charge in [-0.1, -0.05) is 20.8 Å². The van der Waals surface area contributed by atoms with Crippen molar-refractivity contribution in [3.63, 3.8) is 0 Å². The number of aryl methyl sites for hydroxylation is 2. The van der Waals surface area contributed by atoms with Gasteiger partial charge in [0.15, 0.2) is 0 Å². The van der Waals surface area contributed by atoms with Crippen molar-refractivity contribution in [1.29, 1.82) is 0 Å². The second-order valence-corrected chi connectivity index (χ2v) is 4.41. The topological polar surface area (TPSA) is 39.2 Å². The van der Waals surface area contributed by atoms with Gasteiger partial charge in [-0.15, -0.1) is 0 Å². The fourth-order valence-corrected chi connectivity index (χ4v) is 1.84. The minimum Gasteiger partial charge on any atom is -0.462 e. The second kappa shape index (κ2) is 5.80. The summed E-state index contributed by atoms with van der Waals surface area (Å²) in [4.78, 5) is 16.5. The highest BCUT2D eigenvalue weighted by atomic mass is 16.5. The number of nitrogens with zero attached hydrogens (tertiary/aromatic N) is 1. The Morgan fingerprint density at radius 1 is 1.41 bits per heavy atom. The van der Waals surface area contributed by atoms with E-state index in [9.17, 15) is 4.79 Å². The zero-order valence-corrected chi connectivity index (χ0v) is 11.3. The van der Waals surface area contributed by atoms with Crippen molar-refractivity contribution >= 4 is 5.97 Å². The van der Waals surface area contributed by atoms with E-state index >= 15 is 0 Å². The number of pyridine rings is 1. The maximum Gasteiger partial charge on any atom is 0.339 e. The van der Waals surface area contributed by atoms with Crippen LogP contribution in [0.25, 0.3) is 0 Å². The third-order valence-electron chi connectivity index (χ3n) is 2.72. The van der Waals surface area contributed by atoms with Gasteiger partial charge in [-0.2, -0.15) is 0 Å². The first kappa shape index (κ1) is 13.7. The van der Waals surface area contributed by atoms with Crippen molar-refractivity contribution in [3.05, 3.63) is 28.6 Å². The second-order valence-electron chi connectivity index (χ2n) is 4.41. The van der Waals surface area contributed by atoms with Crippen LogP contribution in [-0.2, 0) is 11.2 Å². The first-order valence-electron chi connectivity index (χ1n) is 6.18. The molecule has 0 aromatic carbocycles. The SMILES string of the molecule is CCOC(=O)c1cc(C)c(CC)nc1C(C)C. The van der Waals surface area contributed by atoms with Crippen molar-refractivity contribution < 1.29 is 9.53 Å². The smallest absolute Gasteiger partial charge is 0.339 e. The predicted molar refractivity (Wildman–Crippen MR) is 68.4 cm³/mol. The normalized spacial score (nSPS) is 10.7. The molecule has 0 saturated heterocycles. The summed E-state index contributed by atoms with van der Waals surface area (Å²) in [6, 6.07) is 1.90. The summed E-state index contributed by atoms with van der Waals surface area (Å²) in [6.45, 7) is 10.3. The number of carbonyl (C=O) groups excluding carboxylic acids is 1. The molecule has 0 bridgehead atoms. The summed E-state index contributed by atoms with van der Waals surface area (Å²) in [5, 5.41) is 0. The van der Waals surface area contributed by atoms with E-state index in [0.717, 1.165) is 23.4 Å². The third kappa shape index (κ3) is 3.05. The maximum atomic E-state index is 11.9. The lowest BCUT2D eigenvalue weighted by atomic mass is 10.00. The molecule has 0 amide bonds. The quantitative estimate of drug-likeness (QED) is 0.752. The number of carbonyl (C=O) groups is 1. The van der Waals surface area contributed by atoms with Crippen LogP contribution in [0.4, 0.5) is 0 Å². The number of aromatic nitrogens is 1. The molecule has 3 heteroatoms. The molecule has 1 heterocycles. The van der Waals surface area contributed by atoms with Gasteiger partial charge >= 0.3 is 5.97 Å². The average Bonchev–Trinajstić information content (AvgIpc) is 2.28. The van der Waals surface area contributed by atoms with Crippen LogP contribution >= 0.6 is 0 Å². The Hall–Kier alpha value is -1.38. The van der Waals surface area contributed by atoms with E-state index in [2.05, 4.69) is 11.9 Å². The molecule has 0 radical (unpaired) electrons. The first-order chi connectivity index (χ1) is 8.01. The molecule has 1 aromatic rings. The maximum absolute atomic E-state index is 11.9. The molecule has 0 aliphatic heterocycles. The summed E-state index contributed by atoms with van der Waals surface area (Å²) in [7, 11) is 0. The molecule has 1 aromatic heterocycles. The van der Waals surface area contributed by atoms with E-state index in [0.29, 0.717) is 12.2 Å². The number of hydrogen-bond acceptors (Lipinski definition) is 3. The Balaban J connectivity index is 3.27. The van der Waals surface area contributed by atoms with Crippen LogP contribution in [0.15, 0.2) is 6.07 Å². The lowest BCUT2D eigenvalue weighted by Crippen LogP contribution is -2.13. The molecular formula is C14H21NO2. The van der Waals surface area contributed by atoms with Crippen molar-refractivity contribution in [3.8, 4) is 0 Å². The molecule has 3 nitrogen and oxygen atoms in total. The molecule has 0 saturated carbocycles. The van der Waals surface area contributed by atoms with Crippen molar-refractivity contribution in [2.24, 2.45) is 0 Å². The molecular weight excluding hydrogens is 214 g/mol. The Morgan fingerprint density at radius 2 is 2.06 bits per heavy atom. The standard InChI is InChI=1S/C14H21NO2/c1-6-12-10(5)8-11(14(16)17-7-2)13(15-12)9(3)4/h8-9H,6-7H2,1-5H3. The van der Waals surface area contributed by atoms with Gasteiger partial charge in [0.1, 0.15) is 0 Å². The molecule has 1 rings (SSSR count). The van der Waals surface area contributed by atoms with Gasteiger partial charge in [0.25, 0.3) is 0 Å². The van der Waals surface area contributed by atoms with Crippen LogP contribution < -0.4 is 0 Å². The Labute approximate surface area is 103 Å². The predicted octanol–water partition coefficient (Wildman–Crippen LogP) is 3.25. The minimum absolute atomic E-state index is 0.223. The van der Waals surface area contributed by atoms with E-state index in [1.165, 1.54) is 0 Å². The molecule has 0 fully saturated rings. The van der Waals surface area contributed by atoms with E-state index in [-0.39, 0.29) is 11.9 Å². The van der Waals surface area contributed by atoms with Gasteiger partial charge in [0.05, 0.1) is 17.9 Å². The Bertz CT molecular complexity index is 411. The highest BCUT2D eigenvalue weighted by molar-refractivity contribution is 5.91. The monoisotopic (exact) mass is 235 g/mol. The molecule has 0 N–H and O–H groups in total. The van der Waals surface area contributed by atoms with Gasteiger partial charge in [-0.3, -0.25) is 4.98 Å². The fourth-order valence-electron chi connectivity index (χ4n) is 1.84. The zero-order valence-electron chi connectivity index (χ0n) is 11.3. The van der Waals surface area contributed by atoms with Crippen LogP contribution in [0.1, 0.15) is 60.9 Å². The van der Waals surface area contributed by atoms with Crippen LogP contribution in [0.2, 0.25) is 0 Å². The van der Waals surface area contributed by atoms with E-state index in [1.807, 2.05) is 33.8 Å². The summed E-state index contributed by atoms with van der Waals surface area (Å²) in [5.41, 5.74) is 3.56. The fraction of sp³-hybridized carbons (Fsp3) is 0.571. The molecule has 0 aliphatic carbocycles. The highest BCUT2D eigenvalue weighted by Crippen LogP contribution is 2.21. The molecule has 17 heavy (non-hydrogen) atoms. The van der Waals surface area contributed by atoms with E-state index in [1.54, 1.807) is 0 Å². The summed E-state index contributed by atoms with van der Waals surface area (Å²) in [6.07, 6.45) is 0.884. The highest BCUT2D eigenvalue weighted by Gasteiger charge is 2.18. The molecule has 94 valence electrons. The number of hydrogen-bond donors (Lipinski definition) is 0. The first-order valence-corrected chi connectivity index (χ1v) is 6.18. The number of esters is 1. The summed E-state index contributed by atoms with van der Waals surface area (Å²) < 4.78 is 5.07. The van der Waals surface area contributed by atoms with Crippen molar-refractivity contribution in [1.82, 2.24) is 4.98 Å². The third-order valence-corrected chi connectivity index (χ3v) is 2.72. The van der Waals surface area contributed by atoms with Crippen molar-refractivity contribution in [2.45, 2.75) is 47.0 Å². The van der Waals surface area contributed by atoms with Gasteiger partial charge in [-0.25, -0.2) is 4.79 Å². The van der Waals surface area contributed by atoms with Crippen molar-refractivity contribution in [2.75, 3.05) is 6.61 Å². The summed E-state index contributed by atoms with van der Waals surface area (Å²) in [5.74, 6) is -0.0465. The minimum atomic E-state index is -0.269. The van der Waals surface area contributed by atoms with E-state index < -0.39 is 0 Å². The lowest BCUT2D eigenvalue weighted by Gasteiger charge is -2.14. The average molecular weight is 235 g/mol. The zero-order chi connectivity index (χ0) is 13.0. The molecule has 0 atom stereocenters. The van der Waals surface area contributed by atoms with Crippen LogP contribution in [0.3, 0.4) is 0 Å². The summed E-state index contributed by atoms with van der Waals surface area (Å²) >= 11 is 0. The van der Waals surface area contributed by atoms with Crippen LogP contribution in [0.5, 0.6) is 0 Å². The number of rotatable bonds is 4. The largest absolute Gasteiger partial charge is 0.462 e.